The number of carbonyl (C=O) groups is 1. The molecular formula is C18H21NOS. The molecule has 0 spiro atoms. The Labute approximate surface area is 131 Å². The zero-order chi connectivity index (χ0) is 14.9. The fraction of sp³-hybridized carbons (Fsp3) is 0.278. The molecule has 0 aliphatic rings. The number of carbonyl (C=O) groups excluding carboxylic acids is 1. The Morgan fingerprint density at radius 2 is 1.71 bits per heavy atom. The molecule has 0 radical (unpaired) electrons. The zero-order valence-electron chi connectivity index (χ0n) is 12.3. The Bertz CT molecular complexity index is 551. The number of hydrogen-bond acceptors (Lipinski definition) is 2. The number of aryl methyl sites for hydroxylation is 1. The van der Waals surface area contributed by atoms with E-state index in [-0.39, 0.29) is 5.91 Å². The molecule has 0 atom stereocenters. The first-order chi connectivity index (χ1) is 10.2. The van der Waals surface area contributed by atoms with E-state index < -0.39 is 0 Å². The van der Waals surface area contributed by atoms with Crippen LogP contribution in [0.25, 0.3) is 0 Å². The predicted molar refractivity (Wildman–Crippen MR) is 90.5 cm³/mol. The van der Waals surface area contributed by atoms with Gasteiger partial charge in [0, 0.05) is 18.1 Å². The second kappa shape index (κ2) is 8.53. The van der Waals surface area contributed by atoms with Gasteiger partial charge in [0.25, 0.3) is 0 Å². The standard InChI is InChI=1S/C18H21NOS/c1-15-7-9-17(10-8-15)14-21-12-11-19-18(20)13-16-5-3-2-4-6-16/h2-10H,11-14H2,1H3,(H,19,20). The number of benzene rings is 2. The molecule has 21 heavy (non-hydrogen) atoms. The van der Waals surface area contributed by atoms with Gasteiger partial charge in [0.2, 0.25) is 5.91 Å². The van der Waals surface area contributed by atoms with Gasteiger partial charge in [0.1, 0.15) is 0 Å². The predicted octanol–water partition coefficient (Wildman–Crippen LogP) is 3.59. The van der Waals surface area contributed by atoms with Crippen molar-refractivity contribution >= 4 is 17.7 Å². The smallest absolute Gasteiger partial charge is 0.224 e. The topological polar surface area (TPSA) is 29.1 Å². The summed E-state index contributed by atoms with van der Waals surface area (Å²) >= 11 is 1.85. The van der Waals surface area contributed by atoms with E-state index in [1.54, 1.807) is 0 Å². The lowest BCUT2D eigenvalue weighted by atomic mass is 10.1. The molecule has 0 aromatic heterocycles. The van der Waals surface area contributed by atoms with Crippen molar-refractivity contribution in [1.82, 2.24) is 5.32 Å². The summed E-state index contributed by atoms with van der Waals surface area (Å²) in [6, 6.07) is 18.4. The Morgan fingerprint density at radius 1 is 1.00 bits per heavy atom. The minimum atomic E-state index is 0.0946. The van der Waals surface area contributed by atoms with Gasteiger partial charge in [-0.1, -0.05) is 60.2 Å². The quantitative estimate of drug-likeness (QED) is 0.792. The molecule has 3 heteroatoms. The average Bonchev–Trinajstić information content (AvgIpc) is 2.50. The van der Waals surface area contributed by atoms with Crippen molar-refractivity contribution in [3.05, 3.63) is 71.3 Å². The summed E-state index contributed by atoms with van der Waals surface area (Å²) in [5.74, 6) is 2.03. The van der Waals surface area contributed by atoms with E-state index in [1.165, 1.54) is 11.1 Å². The van der Waals surface area contributed by atoms with Gasteiger partial charge in [0.15, 0.2) is 0 Å². The van der Waals surface area contributed by atoms with Crippen LogP contribution in [0.4, 0.5) is 0 Å². The normalized spacial score (nSPS) is 10.3. The van der Waals surface area contributed by atoms with Crippen LogP contribution < -0.4 is 5.32 Å². The molecule has 2 aromatic rings. The number of hydrogen-bond donors (Lipinski definition) is 1. The highest BCUT2D eigenvalue weighted by atomic mass is 32.2. The van der Waals surface area contributed by atoms with E-state index in [1.807, 2.05) is 42.1 Å². The Hall–Kier alpha value is -1.74. The molecule has 0 saturated carbocycles. The molecule has 2 nitrogen and oxygen atoms in total. The minimum absolute atomic E-state index is 0.0946. The third kappa shape index (κ3) is 6.05. The van der Waals surface area contributed by atoms with Crippen LogP contribution in [0.1, 0.15) is 16.7 Å². The average molecular weight is 299 g/mol. The summed E-state index contributed by atoms with van der Waals surface area (Å²) < 4.78 is 0. The summed E-state index contributed by atoms with van der Waals surface area (Å²) in [5, 5.41) is 2.97. The highest BCUT2D eigenvalue weighted by Crippen LogP contribution is 2.12. The van der Waals surface area contributed by atoms with Crippen LogP contribution in [0.5, 0.6) is 0 Å². The van der Waals surface area contributed by atoms with Gasteiger partial charge in [-0.3, -0.25) is 4.79 Å². The second-order valence-corrected chi connectivity index (χ2v) is 6.16. The van der Waals surface area contributed by atoms with E-state index >= 15 is 0 Å². The lowest BCUT2D eigenvalue weighted by molar-refractivity contribution is -0.120. The van der Waals surface area contributed by atoms with Gasteiger partial charge in [-0.05, 0) is 18.1 Å². The molecular weight excluding hydrogens is 278 g/mol. The van der Waals surface area contributed by atoms with Crippen LogP contribution in [0.3, 0.4) is 0 Å². The Kier molecular flexibility index (Phi) is 6.35. The summed E-state index contributed by atoms with van der Waals surface area (Å²) in [5.41, 5.74) is 3.68. The molecule has 2 rings (SSSR count). The van der Waals surface area contributed by atoms with E-state index in [9.17, 15) is 4.79 Å². The third-order valence-electron chi connectivity index (χ3n) is 3.17. The molecule has 1 N–H and O–H groups in total. The third-order valence-corrected chi connectivity index (χ3v) is 4.20. The SMILES string of the molecule is Cc1ccc(CSCCNC(=O)Cc2ccccc2)cc1. The van der Waals surface area contributed by atoms with Crippen LogP contribution >= 0.6 is 11.8 Å². The molecule has 110 valence electrons. The van der Waals surface area contributed by atoms with Crippen LogP contribution in [-0.4, -0.2) is 18.2 Å². The Balaban J connectivity index is 1.59. The lowest BCUT2D eigenvalue weighted by Gasteiger charge is -2.06. The van der Waals surface area contributed by atoms with Crippen LogP contribution in [0.2, 0.25) is 0 Å². The lowest BCUT2D eigenvalue weighted by Crippen LogP contribution is -2.27. The number of thioether (sulfide) groups is 1. The van der Waals surface area contributed by atoms with Crippen LogP contribution in [-0.2, 0) is 17.0 Å². The Morgan fingerprint density at radius 3 is 2.43 bits per heavy atom. The maximum absolute atomic E-state index is 11.8. The van der Waals surface area contributed by atoms with Crippen molar-refractivity contribution in [3.63, 3.8) is 0 Å². The van der Waals surface area contributed by atoms with Crippen molar-refractivity contribution in [2.45, 2.75) is 19.1 Å². The molecule has 1 amide bonds. The summed E-state index contributed by atoms with van der Waals surface area (Å²) in [4.78, 5) is 11.8. The number of nitrogens with one attached hydrogen (secondary N) is 1. The summed E-state index contributed by atoms with van der Waals surface area (Å²) in [6.07, 6.45) is 0.462. The van der Waals surface area contributed by atoms with Crippen molar-refractivity contribution in [3.8, 4) is 0 Å². The minimum Gasteiger partial charge on any atom is -0.355 e. The molecule has 0 bridgehead atoms. The molecule has 0 saturated heterocycles. The van der Waals surface area contributed by atoms with Gasteiger partial charge in [-0.15, -0.1) is 0 Å². The second-order valence-electron chi connectivity index (χ2n) is 5.05. The maximum atomic E-state index is 11.8. The van der Waals surface area contributed by atoms with Gasteiger partial charge in [0.05, 0.1) is 6.42 Å². The van der Waals surface area contributed by atoms with Crippen molar-refractivity contribution in [2.75, 3.05) is 12.3 Å². The highest BCUT2D eigenvalue weighted by Gasteiger charge is 2.02. The van der Waals surface area contributed by atoms with Gasteiger partial charge in [-0.25, -0.2) is 0 Å². The summed E-state index contributed by atoms with van der Waals surface area (Å²) in [6.45, 7) is 2.82. The fourth-order valence-corrected chi connectivity index (χ4v) is 2.80. The largest absolute Gasteiger partial charge is 0.355 e. The maximum Gasteiger partial charge on any atom is 0.224 e. The van der Waals surface area contributed by atoms with E-state index in [0.717, 1.165) is 23.6 Å². The number of amides is 1. The van der Waals surface area contributed by atoms with Gasteiger partial charge >= 0.3 is 0 Å². The van der Waals surface area contributed by atoms with E-state index in [2.05, 4.69) is 36.5 Å². The molecule has 0 heterocycles. The van der Waals surface area contributed by atoms with Crippen molar-refractivity contribution < 1.29 is 4.79 Å². The number of rotatable bonds is 7. The molecule has 2 aromatic carbocycles. The monoisotopic (exact) mass is 299 g/mol. The molecule has 0 fully saturated rings. The van der Waals surface area contributed by atoms with Crippen LogP contribution in [0, 0.1) is 6.92 Å². The van der Waals surface area contributed by atoms with Crippen molar-refractivity contribution in [1.29, 1.82) is 0 Å². The molecule has 0 aliphatic carbocycles. The first kappa shape index (κ1) is 15.6. The fourth-order valence-electron chi connectivity index (χ4n) is 1.98. The van der Waals surface area contributed by atoms with Crippen molar-refractivity contribution in [2.24, 2.45) is 0 Å². The molecule has 0 unspecified atom stereocenters. The highest BCUT2D eigenvalue weighted by molar-refractivity contribution is 7.98. The first-order valence-electron chi connectivity index (χ1n) is 7.18. The van der Waals surface area contributed by atoms with E-state index in [0.29, 0.717) is 6.42 Å². The zero-order valence-corrected chi connectivity index (χ0v) is 13.2. The van der Waals surface area contributed by atoms with Gasteiger partial charge in [-0.2, -0.15) is 11.8 Å². The van der Waals surface area contributed by atoms with Crippen LogP contribution in [0.15, 0.2) is 54.6 Å². The van der Waals surface area contributed by atoms with Gasteiger partial charge < -0.3 is 5.32 Å². The summed E-state index contributed by atoms with van der Waals surface area (Å²) in [7, 11) is 0. The molecule has 0 aliphatic heterocycles. The van der Waals surface area contributed by atoms with E-state index in [4.69, 9.17) is 0 Å². The first-order valence-corrected chi connectivity index (χ1v) is 8.33.